The first-order chi connectivity index (χ1) is 8.55. The van der Waals surface area contributed by atoms with Gasteiger partial charge in [-0.15, -0.1) is 0 Å². The van der Waals surface area contributed by atoms with E-state index in [1.54, 1.807) is 0 Å². The average molecular weight is 500 g/mol. The second-order valence-corrected chi connectivity index (χ2v) is 11.5. The van der Waals surface area contributed by atoms with Gasteiger partial charge in [-0.2, -0.15) is 0 Å². The van der Waals surface area contributed by atoms with E-state index in [0.717, 1.165) is 23.7 Å². The standard InChI is InChI=1S/C14H12Br4/c15-12-8-7(6-4-2-1-3-5-6)10-11(14(10,17)18)9(12)13(8)16/h1-5,7-13H/t7-,8?,9?,10+,11-,12+,13?/m1/s1. The third-order valence-electron chi connectivity index (χ3n) is 5.04. The summed E-state index contributed by atoms with van der Waals surface area (Å²) in [7, 11) is 0. The molecule has 1 aromatic carbocycles. The fourth-order valence-corrected chi connectivity index (χ4v) is 9.69. The van der Waals surface area contributed by atoms with Crippen molar-refractivity contribution in [1.29, 1.82) is 0 Å². The molecular weight excluding hydrogens is 488 g/mol. The minimum atomic E-state index is 0.161. The zero-order valence-corrected chi connectivity index (χ0v) is 15.8. The van der Waals surface area contributed by atoms with Crippen LogP contribution in [0.1, 0.15) is 11.5 Å². The summed E-state index contributed by atoms with van der Waals surface area (Å²) in [6, 6.07) is 11.0. The van der Waals surface area contributed by atoms with E-state index in [4.69, 9.17) is 0 Å². The lowest BCUT2D eigenvalue weighted by molar-refractivity contribution is 0.108. The van der Waals surface area contributed by atoms with Crippen LogP contribution in [0.5, 0.6) is 0 Å². The van der Waals surface area contributed by atoms with Gasteiger partial charge in [-0.1, -0.05) is 94.1 Å². The van der Waals surface area contributed by atoms with Gasteiger partial charge in [0.2, 0.25) is 0 Å². The third-order valence-corrected chi connectivity index (χ3v) is 9.59. The van der Waals surface area contributed by atoms with E-state index in [2.05, 4.69) is 94.1 Å². The molecule has 3 unspecified atom stereocenters. The van der Waals surface area contributed by atoms with Crippen molar-refractivity contribution in [3.63, 3.8) is 0 Å². The van der Waals surface area contributed by atoms with Crippen molar-refractivity contribution >= 4 is 63.7 Å². The molecule has 0 amide bonds. The van der Waals surface area contributed by atoms with E-state index in [1.807, 2.05) is 0 Å². The minimum absolute atomic E-state index is 0.161. The molecule has 4 saturated carbocycles. The highest BCUT2D eigenvalue weighted by atomic mass is 79.9. The minimum Gasteiger partial charge on any atom is -0.0883 e. The topological polar surface area (TPSA) is 0 Å². The molecule has 4 heteroatoms. The highest BCUT2D eigenvalue weighted by molar-refractivity contribution is 9.25. The third kappa shape index (κ3) is 1.47. The van der Waals surface area contributed by atoms with Crippen molar-refractivity contribution < 1.29 is 0 Å². The summed E-state index contributed by atoms with van der Waals surface area (Å²) in [6.45, 7) is 0. The molecule has 0 heterocycles. The molecule has 5 rings (SSSR count). The van der Waals surface area contributed by atoms with Crippen molar-refractivity contribution in [1.82, 2.24) is 0 Å². The second kappa shape index (κ2) is 4.08. The van der Waals surface area contributed by atoms with Crippen molar-refractivity contribution in [3.05, 3.63) is 35.9 Å². The van der Waals surface area contributed by atoms with Gasteiger partial charge < -0.3 is 0 Å². The Morgan fingerprint density at radius 2 is 1.44 bits per heavy atom. The molecule has 0 aromatic heterocycles. The zero-order valence-electron chi connectivity index (χ0n) is 9.44. The second-order valence-electron chi connectivity index (χ2n) is 5.71. The van der Waals surface area contributed by atoms with Crippen LogP contribution in [-0.4, -0.2) is 12.9 Å². The van der Waals surface area contributed by atoms with Crippen LogP contribution in [0.3, 0.4) is 0 Å². The van der Waals surface area contributed by atoms with Gasteiger partial charge in [0, 0.05) is 9.65 Å². The van der Waals surface area contributed by atoms with Crippen LogP contribution in [0.15, 0.2) is 30.3 Å². The number of alkyl halides is 4. The summed E-state index contributed by atoms with van der Waals surface area (Å²) < 4.78 is 0.161. The SMILES string of the molecule is BrC1C2[C@H](Br)C1[C@@H]1[C@H]([C@@H]2c2ccccc2)C1(Br)Br. The molecule has 0 nitrogen and oxygen atoms in total. The van der Waals surface area contributed by atoms with E-state index in [1.165, 1.54) is 5.56 Å². The fraction of sp³-hybridized carbons (Fsp3) is 0.571. The van der Waals surface area contributed by atoms with Gasteiger partial charge in [-0.05, 0) is 35.2 Å². The van der Waals surface area contributed by atoms with Crippen LogP contribution in [0.4, 0.5) is 0 Å². The molecule has 0 aliphatic heterocycles. The molecule has 96 valence electrons. The molecular formula is C14H12Br4. The predicted octanol–water partition coefficient (Wildman–Crippen LogP) is 5.29. The Labute approximate surface area is 141 Å². The first kappa shape index (κ1) is 12.8. The monoisotopic (exact) mass is 496 g/mol. The zero-order chi connectivity index (χ0) is 12.7. The van der Waals surface area contributed by atoms with E-state index in [9.17, 15) is 0 Å². The Balaban J connectivity index is 1.78. The number of hydrogen-bond acceptors (Lipinski definition) is 0. The smallest absolute Gasteiger partial charge is 0.0878 e. The van der Waals surface area contributed by atoms with E-state index in [-0.39, 0.29) is 3.23 Å². The summed E-state index contributed by atoms with van der Waals surface area (Å²) in [5, 5.41) is 0. The molecule has 18 heavy (non-hydrogen) atoms. The molecule has 0 saturated heterocycles. The number of rotatable bonds is 1. The Morgan fingerprint density at radius 3 is 2.06 bits per heavy atom. The largest absolute Gasteiger partial charge is 0.0883 e. The lowest BCUT2D eigenvalue weighted by Crippen LogP contribution is -2.56. The van der Waals surface area contributed by atoms with E-state index < -0.39 is 0 Å². The first-order valence-electron chi connectivity index (χ1n) is 6.26. The number of hydrogen-bond donors (Lipinski definition) is 0. The maximum absolute atomic E-state index is 3.93. The van der Waals surface area contributed by atoms with Crippen molar-refractivity contribution in [2.24, 2.45) is 23.7 Å². The fourth-order valence-electron chi connectivity index (χ4n) is 4.19. The molecule has 7 atom stereocenters. The van der Waals surface area contributed by atoms with Gasteiger partial charge in [0.05, 0.1) is 3.23 Å². The lowest BCUT2D eigenvalue weighted by Gasteiger charge is -2.55. The normalized spacial score (nSPS) is 51.2. The predicted molar refractivity (Wildman–Crippen MR) is 89.2 cm³/mol. The molecule has 4 aliphatic carbocycles. The van der Waals surface area contributed by atoms with Gasteiger partial charge in [-0.3, -0.25) is 0 Å². The van der Waals surface area contributed by atoms with Gasteiger partial charge >= 0.3 is 0 Å². The number of benzene rings is 1. The van der Waals surface area contributed by atoms with Crippen LogP contribution in [0, 0.1) is 23.7 Å². The van der Waals surface area contributed by atoms with Crippen molar-refractivity contribution in [3.8, 4) is 0 Å². The van der Waals surface area contributed by atoms with E-state index in [0.29, 0.717) is 15.6 Å². The van der Waals surface area contributed by atoms with E-state index >= 15 is 0 Å². The average Bonchev–Trinajstić information content (AvgIpc) is 2.94. The van der Waals surface area contributed by atoms with Crippen molar-refractivity contribution in [2.75, 3.05) is 0 Å². The summed E-state index contributed by atoms with van der Waals surface area (Å²) >= 11 is 15.7. The Kier molecular flexibility index (Phi) is 2.91. The summed E-state index contributed by atoms with van der Waals surface area (Å²) in [4.78, 5) is 1.32. The molecule has 4 aliphatic rings. The van der Waals surface area contributed by atoms with Crippen LogP contribution < -0.4 is 0 Å². The van der Waals surface area contributed by atoms with Gasteiger partial charge in [-0.25, -0.2) is 0 Å². The van der Waals surface area contributed by atoms with Crippen molar-refractivity contribution in [2.45, 2.75) is 18.8 Å². The first-order valence-corrected chi connectivity index (χ1v) is 9.68. The Morgan fingerprint density at radius 1 is 0.833 bits per heavy atom. The lowest BCUT2D eigenvalue weighted by atomic mass is 9.58. The van der Waals surface area contributed by atoms with Crippen LogP contribution >= 0.6 is 63.7 Å². The molecule has 4 fully saturated rings. The number of halogens is 4. The maximum Gasteiger partial charge on any atom is 0.0878 e. The molecule has 0 N–H and O–H groups in total. The Hall–Kier alpha value is 1.14. The molecule has 0 radical (unpaired) electrons. The van der Waals surface area contributed by atoms with Gasteiger partial charge in [0.15, 0.2) is 0 Å². The summed E-state index contributed by atoms with van der Waals surface area (Å²) in [6.07, 6.45) is 0. The summed E-state index contributed by atoms with van der Waals surface area (Å²) in [5.41, 5.74) is 1.49. The Bertz CT molecular complexity index is 474. The van der Waals surface area contributed by atoms with Crippen LogP contribution in [-0.2, 0) is 0 Å². The molecule has 1 aromatic rings. The quantitative estimate of drug-likeness (QED) is 0.461. The highest BCUT2D eigenvalue weighted by Crippen LogP contribution is 2.80. The van der Waals surface area contributed by atoms with Crippen LogP contribution in [0.2, 0.25) is 0 Å². The molecule has 0 spiro atoms. The van der Waals surface area contributed by atoms with Gasteiger partial charge in [0.25, 0.3) is 0 Å². The molecule has 2 bridgehead atoms. The maximum atomic E-state index is 3.93. The van der Waals surface area contributed by atoms with Gasteiger partial charge in [0.1, 0.15) is 0 Å². The summed E-state index contributed by atoms with van der Waals surface area (Å²) in [5.74, 6) is 3.60. The highest BCUT2D eigenvalue weighted by Gasteiger charge is 2.79. The van der Waals surface area contributed by atoms with Crippen LogP contribution in [0.25, 0.3) is 0 Å².